The molecule has 184 valence electrons. The lowest BCUT2D eigenvalue weighted by Gasteiger charge is -2.14. The number of methoxy groups -OCH3 is 1. The van der Waals surface area contributed by atoms with Gasteiger partial charge in [0.2, 0.25) is 0 Å². The van der Waals surface area contributed by atoms with E-state index in [1.165, 1.54) is 43.5 Å². The van der Waals surface area contributed by atoms with E-state index in [9.17, 15) is 19.2 Å². The van der Waals surface area contributed by atoms with E-state index in [1.54, 1.807) is 37.3 Å². The maximum absolute atomic E-state index is 14.0. The Balaban J connectivity index is 1.82. The third-order valence-corrected chi connectivity index (χ3v) is 5.62. The van der Waals surface area contributed by atoms with E-state index in [0.717, 1.165) is 0 Å². The van der Waals surface area contributed by atoms with Gasteiger partial charge >= 0.3 is 5.97 Å². The molecule has 0 aliphatic rings. The minimum Gasteiger partial charge on any atom is -0.490 e. The SMILES string of the molecule is CCOc1cc(/C=C(\C#N)C(=O)Nc2ccc(C(=O)OC)cc2)c(Br)cc1OCc1ccccc1F. The number of nitrogens with one attached hydrogen (secondary N) is 1. The average molecular weight is 553 g/mol. The van der Waals surface area contributed by atoms with Crippen LogP contribution in [0.3, 0.4) is 0 Å². The molecule has 3 rings (SSSR count). The van der Waals surface area contributed by atoms with Gasteiger partial charge in [0, 0.05) is 15.7 Å². The monoisotopic (exact) mass is 552 g/mol. The van der Waals surface area contributed by atoms with Crippen LogP contribution in [0.4, 0.5) is 10.1 Å². The van der Waals surface area contributed by atoms with Crippen molar-refractivity contribution in [3.8, 4) is 17.6 Å². The molecule has 0 saturated carbocycles. The second kappa shape index (κ2) is 12.5. The minimum absolute atomic E-state index is 0.00497. The Kier molecular flexibility index (Phi) is 9.19. The van der Waals surface area contributed by atoms with Crippen LogP contribution in [0.5, 0.6) is 11.5 Å². The highest BCUT2D eigenvalue weighted by atomic mass is 79.9. The zero-order valence-corrected chi connectivity index (χ0v) is 21.1. The lowest BCUT2D eigenvalue weighted by atomic mass is 10.1. The number of nitrogens with zero attached hydrogens (tertiary/aromatic N) is 1. The molecule has 3 aromatic carbocycles. The Bertz CT molecular complexity index is 1330. The van der Waals surface area contributed by atoms with Crippen molar-refractivity contribution in [2.24, 2.45) is 0 Å². The molecule has 0 aromatic heterocycles. The van der Waals surface area contributed by atoms with Crippen LogP contribution in [0, 0.1) is 17.1 Å². The van der Waals surface area contributed by atoms with Gasteiger partial charge in [-0.05, 0) is 61.0 Å². The van der Waals surface area contributed by atoms with E-state index in [2.05, 4.69) is 26.0 Å². The highest BCUT2D eigenvalue weighted by molar-refractivity contribution is 9.10. The van der Waals surface area contributed by atoms with Crippen molar-refractivity contribution in [2.45, 2.75) is 13.5 Å². The lowest BCUT2D eigenvalue weighted by molar-refractivity contribution is -0.112. The van der Waals surface area contributed by atoms with Crippen molar-refractivity contribution < 1.29 is 28.2 Å². The summed E-state index contributed by atoms with van der Waals surface area (Å²) in [6.45, 7) is 2.14. The number of rotatable bonds is 9. The van der Waals surface area contributed by atoms with Gasteiger partial charge < -0.3 is 19.5 Å². The predicted molar refractivity (Wildman–Crippen MR) is 136 cm³/mol. The number of ether oxygens (including phenoxy) is 3. The molecule has 36 heavy (non-hydrogen) atoms. The summed E-state index contributed by atoms with van der Waals surface area (Å²) in [5.41, 5.74) is 1.47. The molecule has 0 bridgehead atoms. The van der Waals surface area contributed by atoms with Crippen molar-refractivity contribution in [3.63, 3.8) is 0 Å². The third kappa shape index (κ3) is 6.71. The fourth-order valence-corrected chi connectivity index (χ4v) is 3.56. The lowest BCUT2D eigenvalue weighted by Crippen LogP contribution is -2.13. The maximum Gasteiger partial charge on any atom is 0.337 e. The van der Waals surface area contributed by atoms with Crippen LogP contribution >= 0.6 is 15.9 Å². The van der Waals surface area contributed by atoms with Crippen molar-refractivity contribution >= 4 is 39.6 Å². The summed E-state index contributed by atoms with van der Waals surface area (Å²) in [7, 11) is 1.28. The molecule has 0 radical (unpaired) electrons. The van der Waals surface area contributed by atoms with Crippen molar-refractivity contribution in [1.82, 2.24) is 0 Å². The summed E-state index contributed by atoms with van der Waals surface area (Å²) in [5, 5.41) is 12.2. The second-order valence-electron chi connectivity index (χ2n) is 7.33. The Labute approximate surface area is 216 Å². The van der Waals surface area contributed by atoms with Crippen molar-refractivity contribution in [3.05, 3.63) is 93.2 Å². The molecule has 3 aromatic rings. The first-order valence-electron chi connectivity index (χ1n) is 10.8. The molecule has 0 aliphatic heterocycles. The van der Waals surface area contributed by atoms with Gasteiger partial charge in [0.25, 0.3) is 5.91 Å². The highest BCUT2D eigenvalue weighted by Crippen LogP contribution is 2.35. The maximum atomic E-state index is 14.0. The topological polar surface area (TPSA) is 97.7 Å². The molecule has 0 fully saturated rings. The van der Waals surface area contributed by atoms with Crippen LogP contribution in [0.25, 0.3) is 6.08 Å². The molecule has 1 amide bonds. The number of hydrogen-bond donors (Lipinski definition) is 1. The van der Waals surface area contributed by atoms with E-state index in [-0.39, 0.29) is 18.0 Å². The summed E-state index contributed by atoms with van der Waals surface area (Å²) < 4.78 is 30.6. The van der Waals surface area contributed by atoms with Crippen LogP contribution in [-0.4, -0.2) is 25.6 Å². The summed E-state index contributed by atoms with van der Waals surface area (Å²) in [6.07, 6.45) is 1.41. The molecule has 9 heteroatoms. The van der Waals surface area contributed by atoms with Crippen molar-refractivity contribution in [1.29, 1.82) is 5.26 Å². The molecule has 0 aliphatic carbocycles. The first kappa shape index (κ1) is 26.4. The molecular weight excluding hydrogens is 531 g/mol. The van der Waals surface area contributed by atoms with E-state index in [0.29, 0.717) is 45.0 Å². The van der Waals surface area contributed by atoms with Gasteiger partial charge in [0.15, 0.2) is 11.5 Å². The largest absolute Gasteiger partial charge is 0.490 e. The number of anilines is 1. The molecule has 0 unspecified atom stereocenters. The Morgan fingerprint density at radius 1 is 1.08 bits per heavy atom. The first-order valence-corrected chi connectivity index (χ1v) is 11.6. The number of halogens is 2. The molecule has 0 spiro atoms. The van der Waals surface area contributed by atoms with Gasteiger partial charge in [-0.3, -0.25) is 4.79 Å². The standard InChI is InChI=1S/C27H22BrFN2O5/c1-3-35-24-13-19(22(28)14-25(24)36-16-18-6-4-5-7-23(18)29)12-20(15-30)26(32)31-21-10-8-17(9-11-21)27(33)34-2/h4-14H,3,16H2,1-2H3,(H,31,32)/b20-12+. The fourth-order valence-electron chi connectivity index (χ4n) is 3.12. The van der Waals surface area contributed by atoms with Crippen LogP contribution in [-0.2, 0) is 16.1 Å². The zero-order valence-electron chi connectivity index (χ0n) is 19.5. The van der Waals surface area contributed by atoms with E-state index >= 15 is 0 Å². The third-order valence-electron chi connectivity index (χ3n) is 4.93. The van der Waals surface area contributed by atoms with Crippen LogP contribution in [0.2, 0.25) is 0 Å². The number of carbonyl (C=O) groups is 2. The molecule has 0 saturated heterocycles. The summed E-state index contributed by atoms with van der Waals surface area (Å²) in [6, 6.07) is 17.5. The summed E-state index contributed by atoms with van der Waals surface area (Å²) >= 11 is 3.44. The molecule has 1 N–H and O–H groups in total. The van der Waals surface area contributed by atoms with Gasteiger partial charge in [-0.25, -0.2) is 9.18 Å². The van der Waals surface area contributed by atoms with Gasteiger partial charge in [-0.1, -0.05) is 34.1 Å². The molecule has 0 atom stereocenters. The van der Waals surface area contributed by atoms with Gasteiger partial charge in [0.05, 0.1) is 19.3 Å². The summed E-state index contributed by atoms with van der Waals surface area (Å²) in [5.74, 6) is -0.759. The van der Waals surface area contributed by atoms with E-state index < -0.39 is 11.9 Å². The van der Waals surface area contributed by atoms with E-state index in [4.69, 9.17) is 9.47 Å². The second-order valence-corrected chi connectivity index (χ2v) is 8.18. The molecule has 0 heterocycles. The summed E-state index contributed by atoms with van der Waals surface area (Å²) in [4.78, 5) is 24.3. The van der Waals surface area contributed by atoms with E-state index in [1.807, 2.05) is 6.07 Å². The number of hydrogen-bond acceptors (Lipinski definition) is 6. The number of esters is 1. The average Bonchev–Trinajstić information content (AvgIpc) is 2.88. The number of amides is 1. The Hall–Kier alpha value is -4.16. The minimum atomic E-state index is -0.631. The smallest absolute Gasteiger partial charge is 0.337 e. The number of carbonyl (C=O) groups excluding carboxylic acids is 2. The molecular formula is C27H22BrFN2O5. The Morgan fingerprint density at radius 2 is 1.78 bits per heavy atom. The predicted octanol–water partition coefficient (Wildman–Crippen LogP) is 5.90. The number of benzene rings is 3. The van der Waals surface area contributed by atoms with Crippen molar-refractivity contribution in [2.75, 3.05) is 19.0 Å². The van der Waals surface area contributed by atoms with Gasteiger partial charge in [-0.2, -0.15) is 5.26 Å². The fraction of sp³-hybridized carbons (Fsp3) is 0.148. The van der Waals surface area contributed by atoms with Crippen LogP contribution in [0.1, 0.15) is 28.4 Å². The number of nitriles is 1. The van der Waals surface area contributed by atoms with Gasteiger partial charge in [0.1, 0.15) is 24.1 Å². The highest BCUT2D eigenvalue weighted by Gasteiger charge is 2.15. The quantitative estimate of drug-likeness (QED) is 0.201. The molecule has 7 nitrogen and oxygen atoms in total. The first-order chi connectivity index (χ1) is 17.4. The Morgan fingerprint density at radius 3 is 2.42 bits per heavy atom. The van der Waals surface area contributed by atoms with Crippen LogP contribution < -0.4 is 14.8 Å². The van der Waals surface area contributed by atoms with Crippen LogP contribution in [0.15, 0.2) is 70.7 Å². The zero-order chi connectivity index (χ0) is 26.1. The normalized spacial score (nSPS) is 10.8. The van der Waals surface area contributed by atoms with Gasteiger partial charge in [-0.15, -0.1) is 0 Å².